The highest BCUT2D eigenvalue weighted by atomic mass is 16.4. The van der Waals surface area contributed by atoms with Crippen LogP contribution in [0.3, 0.4) is 0 Å². The molecule has 1 fully saturated rings. The summed E-state index contributed by atoms with van der Waals surface area (Å²) in [6.07, 6.45) is 0.364. The minimum atomic E-state index is -1.19. The highest BCUT2D eigenvalue weighted by Crippen LogP contribution is 2.19. The van der Waals surface area contributed by atoms with Gasteiger partial charge in [0, 0.05) is 30.9 Å². The maximum absolute atomic E-state index is 12.2. The van der Waals surface area contributed by atoms with E-state index in [1.165, 1.54) is 12.3 Å². The Morgan fingerprint density at radius 3 is 2.74 bits per heavy atom. The summed E-state index contributed by atoms with van der Waals surface area (Å²) in [5, 5.41) is 18.5. The largest absolute Gasteiger partial charge is 0.480 e. The van der Waals surface area contributed by atoms with Crippen LogP contribution in [0.5, 0.6) is 0 Å². The molecule has 2 rings (SSSR count). The molecule has 1 unspecified atom stereocenters. The molecule has 0 aromatic carbocycles. The number of rotatable bonds is 2. The summed E-state index contributed by atoms with van der Waals surface area (Å²) in [6, 6.07) is 0.179. The summed E-state index contributed by atoms with van der Waals surface area (Å²) in [5.74, 6) is -1.86. The van der Waals surface area contributed by atoms with Crippen molar-refractivity contribution in [2.24, 2.45) is 0 Å². The van der Waals surface area contributed by atoms with Gasteiger partial charge in [0.05, 0.1) is 6.10 Å². The van der Waals surface area contributed by atoms with Crippen LogP contribution in [-0.2, 0) is 4.79 Å². The third kappa shape index (κ3) is 2.50. The summed E-state index contributed by atoms with van der Waals surface area (Å²) in [6.45, 7) is 1.60. The van der Waals surface area contributed by atoms with Crippen molar-refractivity contribution in [3.8, 4) is 0 Å². The summed E-state index contributed by atoms with van der Waals surface area (Å²) in [4.78, 5) is 38.7. The minimum absolute atomic E-state index is 0.0230. The van der Waals surface area contributed by atoms with E-state index in [1.54, 1.807) is 6.92 Å². The first-order chi connectivity index (χ1) is 8.90. The van der Waals surface area contributed by atoms with Gasteiger partial charge >= 0.3 is 5.97 Å². The van der Waals surface area contributed by atoms with E-state index in [-0.39, 0.29) is 18.5 Å². The van der Waals surface area contributed by atoms with Gasteiger partial charge in [-0.05, 0) is 6.92 Å². The Kier molecular flexibility index (Phi) is 3.39. The monoisotopic (exact) mass is 266 g/mol. The number of pyridine rings is 1. The van der Waals surface area contributed by atoms with Crippen molar-refractivity contribution in [3.05, 3.63) is 33.7 Å². The molecule has 7 nitrogen and oxygen atoms in total. The Morgan fingerprint density at radius 1 is 1.47 bits per heavy atom. The molecule has 0 spiro atoms. The number of hydrogen-bond donors (Lipinski definition) is 3. The Bertz CT molecular complexity index is 580. The van der Waals surface area contributed by atoms with Gasteiger partial charge in [-0.25, -0.2) is 4.79 Å². The molecule has 2 heterocycles. The van der Waals surface area contributed by atoms with E-state index >= 15 is 0 Å². The third-order valence-corrected chi connectivity index (χ3v) is 3.11. The molecule has 0 saturated carbocycles. The highest BCUT2D eigenvalue weighted by molar-refractivity contribution is 5.96. The molecule has 2 atom stereocenters. The standard InChI is InChI=1S/C12H14N2O5/c1-6-2-10(16)8(4-13-6)11(17)14-5-7(15)3-9(14)12(18)19/h2,4,7,9,15H,3,5H2,1H3,(H,13,16)(H,18,19)/t7?,9-/m0/s1. The van der Waals surface area contributed by atoms with Gasteiger partial charge in [0.2, 0.25) is 0 Å². The molecule has 1 aromatic heterocycles. The lowest BCUT2D eigenvalue weighted by Gasteiger charge is -2.20. The number of aryl methyl sites for hydroxylation is 1. The normalized spacial score (nSPS) is 22.5. The molecule has 1 amide bonds. The van der Waals surface area contributed by atoms with Gasteiger partial charge in [-0.2, -0.15) is 0 Å². The predicted molar refractivity (Wildman–Crippen MR) is 64.9 cm³/mol. The van der Waals surface area contributed by atoms with Crippen molar-refractivity contribution < 1.29 is 19.8 Å². The number of carbonyl (C=O) groups excluding carboxylic acids is 1. The fraction of sp³-hybridized carbons (Fsp3) is 0.417. The number of hydrogen-bond acceptors (Lipinski definition) is 4. The fourth-order valence-corrected chi connectivity index (χ4v) is 2.17. The summed E-state index contributed by atoms with van der Waals surface area (Å²) < 4.78 is 0. The van der Waals surface area contributed by atoms with E-state index in [9.17, 15) is 19.5 Å². The number of carboxylic acids is 1. The summed E-state index contributed by atoms with van der Waals surface area (Å²) >= 11 is 0. The molecule has 19 heavy (non-hydrogen) atoms. The van der Waals surface area contributed by atoms with Crippen molar-refractivity contribution in [1.29, 1.82) is 0 Å². The molecular formula is C12H14N2O5. The Morgan fingerprint density at radius 2 is 2.16 bits per heavy atom. The molecule has 1 saturated heterocycles. The van der Waals surface area contributed by atoms with Gasteiger partial charge < -0.3 is 20.1 Å². The van der Waals surface area contributed by atoms with E-state index < -0.39 is 29.5 Å². The van der Waals surface area contributed by atoms with Crippen LogP contribution in [0.1, 0.15) is 22.5 Å². The van der Waals surface area contributed by atoms with Gasteiger partial charge in [0.1, 0.15) is 11.6 Å². The zero-order valence-corrected chi connectivity index (χ0v) is 10.3. The van der Waals surface area contributed by atoms with E-state index in [1.807, 2.05) is 0 Å². The zero-order valence-electron chi connectivity index (χ0n) is 10.3. The van der Waals surface area contributed by atoms with Crippen molar-refractivity contribution in [1.82, 2.24) is 9.88 Å². The van der Waals surface area contributed by atoms with E-state index in [4.69, 9.17) is 5.11 Å². The second kappa shape index (κ2) is 4.85. The molecule has 0 radical (unpaired) electrons. The number of amides is 1. The highest BCUT2D eigenvalue weighted by Gasteiger charge is 2.39. The SMILES string of the molecule is Cc1cc(=O)c(C(=O)N2CC(O)C[C@H]2C(=O)O)c[nH]1. The maximum atomic E-state index is 12.2. The average Bonchev–Trinajstić information content (AvgIpc) is 2.70. The lowest BCUT2D eigenvalue weighted by atomic mass is 10.2. The molecule has 1 aliphatic rings. The zero-order chi connectivity index (χ0) is 14.2. The number of nitrogens with zero attached hydrogens (tertiary/aromatic N) is 1. The fourth-order valence-electron chi connectivity index (χ4n) is 2.17. The number of aromatic amines is 1. The van der Waals surface area contributed by atoms with Crippen molar-refractivity contribution in [2.75, 3.05) is 6.54 Å². The smallest absolute Gasteiger partial charge is 0.326 e. The van der Waals surface area contributed by atoms with Crippen LogP contribution in [0.25, 0.3) is 0 Å². The molecule has 1 aliphatic heterocycles. The first-order valence-corrected chi connectivity index (χ1v) is 5.81. The van der Waals surface area contributed by atoms with Crippen LogP contribution in [0.15, 0.2) is 17.1 Å². The molecule has 0 aliphatic carbocycles. The van der Waals surface area contributed by atoms with Crippen LogP contribution in [0.2, 0.25) is 0 Å². The Balaban J connectivity index is 2.33. The van der Waals surface area contributed by atoms with E-state index in [0.717, 1.165) is 4.90 Å². The molecule has 102 valence electrons. The number of aromatic nitrogens is 1. The first kappa shape index (κ1) is 13.3. The van der Waals surface area contributed by atoms with Crippen molar-refractivity contribution >= 4 is 11.9 Å². The van der Waals surface area contributed by atoms with Gasteiger partial charge in [-0.15, -0.1) is 0 Å². The van der Waals surface area contributed by atoms with Crippen molar-refractivity contribution in [2.45, 2.75) is 25.5 Å². The van der Waals surface area contributed by atoms with Gasteiger partial charge in [0.25, 0.3) is 5.91 Å². The predicted octanol–water partition coefficient (Wildman–Crippen LogP) is -0.657. The van der Waals surface area contributed by atoms with Crippen molar-refractivity contribution in [3.63, 3.8) is 0 Å². The van der Waals surface area contributed by atoms with Crippen LogP contribution < -0.4 is 5.43 Å². The lowest BCUT2D eigenvalue weighted by molar-refractivity contribution is -0.141. The van der Waals surface area contributed by atoms with E-state index in [2.05, 4.69) is 4.98 Å². The van der Waals surface area contributed by atoms with E-state index in [0.29, 0.717) is 5.69 Å². The molecule has 1 aromatic rings. The van der Waals surface area contributed by atoms with Gasteiger partial charge in [-0.3, -0.25) is 9.59 Å². The number of aliphatic carboxylic acids is 1. The van der Waals surface area contributed by atoms with Gasteiger partial charge in [0.15, 0.2) is 5.43 Å². The topological polar surface area (TPSA) is 111 Å². The number of aliphatic hydroxyl groups excluding tert-OH is 1. The minimum Gasteiger partial charge on any atom is -0.480 e. The second-order valence-electron chi connectivity index (χ2n) is 4.60. The number of carbonyl (C=O) groups is 2. The number of aliphatic hydroxyl groups is 1. The number of nitrogens with one attached hydrogen (secondary N) is 1. The van der Waals surface area contributed by atoms with Crippen LogP contribution in [0.4, 0.5) is 0 Å². The lowest BCUT2D eigenvalue weighted by Crippen LogP contribution is -2.42. The Labute approximate surface area is 108 Å². The summed E-state index contributed by atoms with van der Waals surface area (Å²) in [7, 11) is 0. The average molecular weight is 266 g/mol. The number of carboxylic acid groups (broad SMARTS) is 1. The number of β-amino-alcohol motifs (C(OH)–C–C–N with tert-alkyl or cyclic N) is 1. The quantitative estimate of drug-likeness (QED) is 0.658. The van der Waals surface area contributed by atoms with Crippen LogP contribution in [-0.4, -0.2) is 50.7 Å². The molecule has 3 N–H and O–H groups in total. The molecule has 0 bridgehead atoms. The van der Waals surface area contributed by atoms with Crippen LogP contribution in [0, 0.1) is 6.92 Å². The number of likely N-dealkylation sites (tertiary alicyclic amines) is 1. The Hall–Kier alpha value is -2.15. The third-order valence-electron chi connectivity index (χ3n) is 3.11. The molecular weight excluding hydrogens is 252 g/mol. The first-order valence-electron chi connectivity index (χ1n) is 5.81. The maximum Gasteiger partial charge on any atom is 0.326 e. The van der Waals surface area contributed by atoms with Crippen LogP contribution >= 0.6 is 0 Å². The van der Waals surface area contributed by atoms with Gasteiger partial charge in [-0.1, -0.05) is 0 Å². The summed E-state index contributed by atoms with van der Waals surface area (Å²) in [5.41, 5.74) is 0.0236. The number of H-pyrrole nitrogens is 1. The second-order valence-corrected chi connectivity index (χ2v) is 4.60. The molecule has 7 heteroatoms.